The van der Waals surface area contributed by atoms with E-state index in [9.17, 15) is 13.2 Å². The molecule has 8 nitrogen and oxygen atoms in total. The summed E-state index contributed by atoms with van der Waals surface area (Å²) in [5.74, 6) is -0.720. The maximum absolute atomic E-state index is 12.8. The summed E-state index contributed by atoms with van der Waals surface area (Å²) in [6.07, 6.45) is 1.18. The molecule has 1 heterocycles. The van der Waals surface area contributed by atoms with Crippen molar-refractivity contribution in [1.82, 2.24) is 9.78 Å². The molecule has 142 valence electrons. The van der Waals surface area contributed by atoms with Gasteiger partial charge in [-0.25, -0.2) is 8.42 Å². The van der Waals surface area contributed by atoms with Gasteiger partial charge in [-0.05, 0) is 43.2 Å². The van der Waals surface area contributed by atoms with E-state index in [1.54, 1.807) is 38.1 Å². The molecule has 2 aromatic carbocycles. The van der Waals surface area contributed by atoms with E-state index in [0.29, 0.717) is 11.3 Å². The third-order valence-electron chi connectivity index (χ3n) is 4.26. The Bertz CT molecular complexity index is 1220. The molecule has 0 saturated carbocycles. The first-order valence-corrected chi connectivity index (χ1v) is 9.70. The number of anilines is 2. The standard InChI is InChI=1S/C19H17N5O3S/c1-12-7-8-15(28(26,27)23-17-6-4-3-5-13(17)2)9-16(12)19(25)24-18(21)14(10-20)11-22-24/h3-9,11,23H,21H2,1-2H3. The topological polar surface area (TPSA) is 131 Å². The number of para-hydroxylation sites is 1. The van der Waals surface area contributed by atoms with Crippen molar-refractivity contribution < 1.29 is 13.2 Å². The van der Waals surface area contributed by atoms with Crippen molar-refractivity contribution in [3.05, 3.63) is 70.9 Å². The van der Waals surface area contributed by atoms with Crippen LogP contribution in [0.5, 0.6) is 0 Å². The molecule has 1 aromatic heterocycles. The molecule has 0 bridgehead atoms. The normalized spacial score (nSPS) is 11.0. The molecule has 0 aliphatic carbocycles. The zero-order valence-electron chi connectivity index (χ0n) is 15.2. The molecule has 0 aliphatic heterocycles. The first-order chi connectivity index (χ1) is 13.2. The average Bonchev–Trinajstić information content (AvgIpc) is 3.03. The number of carbonyl (C=O) groups is 1. The van der Waals surface area contributed by atoms with Gasteiger partial charge >= 0.3 is 0 Å². The molecule has 0 radical (unpaired) electrons. The van der Waals surface area contributed by atoms with Crippen molar-refractivity contribution in [3.63, 3.8) is 0 Å². The highest BCUT2D eigenvalue weighted by Crippen LogP contribution is 2.22. The monoisotopic (exact) mass is 395 g/mol. The molecule has 0 unspecified atom stereocenters. The predicted molar refractivity (Wildman–Crippen MR) is 104 cm³/mol. The van der Waals surface area contributed by atoms with E-state index in [1.807, 2.05) is 6.07 Å². The fourth-order valence-corrected chi connectivity index (χ4v) is 3.77. The van der Waals surface area contributed by atoms with E-state index in [0.717, 1.165) is 10.2 Å². The molecule has 0 amide bonds. The van der Waals surface area contributed by atoms with Crippen molar-refractivity contribution in [1.29, 1.82) is 5.26 Å². The Morgan fingerprint density at radius 2 is 1.89 bits per heavy atom. The first kappa shape index (κ1) is 19.1. The van der Waals surface area contributed by atoms with Gasteiger partial charge < -0.3 is 5.73 Å². The van der Waals surface area contributed by atoms with Crippen LogP contribution in [0.15, 0.2) is 53.6 Å². The maximum atomic E-state index is 12.8. The minimum atomic E-state index is -3.92. The molecule has 0 fully saturated rings. The summed E-state index contributed by atoms with van der Waals surface area (Å²) in [4.78, 5) is 12.7. The summed E-state index contributed by atoms with van der Waals surface area (Å²) < 4.78 is 29.0. The van der Waals surface area contributed by atoms with Crippen LogP contribution >= 0.6 is 0 Å². The molecule has 3 aromatic rings. The van der Waals surface area contributed by atoms with Crippen molar-refractivity contribution in [2.45, 2.75) is 18.7 Å². The van der Waals surface area contributed by atoms with E-state index < -0.39 is 15.9 Å². The molecule has 3 rings (SSSR count). The summed E-state index contributed by atoms with van der Waals surface area (Å²) in [6.45, 7) is 3.46. The SMILES string of the molecule is Cc1ccccc1NS(=O)(=O)c1ccc(C)c(C(=O)n2ncc(C#N)c2N)c1. The molecule has 0 atom stereocenters. The second-order valence-electron chi connectivity index (χ2n) is 6.17. The fraction of sp³-hybridized carbons (Fsp3) is 0.105. The van der Waals surface area contributed by atoms with Gasteiger partial charge in [0, 0.05) is 5.56 Å². The molecule has 0 aliphatic rings. The minimum absolute atomic E-state index is 0.0657. The number of aryl methyl sites for hydroxylation is 2. The number of carbonyl (C=O) groups excluding carboxylic acids is 1. The van der Waals surface area contributed by atoms with Crippen LogP contribution in [0, 0.1) is 25.2 Å². The molecule has 28 heavy (non-hydrogen) atoms. The van der Waals surface area contributed by atoms with Gasteiger partial charge in [-0.3, -0.25) is 9.52 Å². The Morgan fingerprint density at radius 1 is 1.18 bits per heavy atom. The first-order valence-electron chi connectivity index (χ1n) is 8.22. The summed E-state index contributed by atoms with van der Waals surface area (Å²) in [5, 5.41) is 12.8. The predicted octanol–water partition coefficient (Wildman–Crippen LogP) is 2.44. The number of nitrogens with zero attached hydrogens (tertiary/aromatic N) is 3. The number of sulfonamides is 1. The van der Waals surface area contributed by atoms with Gasteiger partial charge in [0.05, 0.1) is 16.8 Å². The van der Waals surface area contributed by atoms with Crippen LogP contribution in [-0.2, 0) is 10.0 Å². The Morgan fingerprint density at radius 3 is 2.54 bits per heavy atom. The Balaban J connectivity index is 2.01. The minimum Gasteiger partial charge on any atom is -0.382 e. The van der Waals surface area contributed by atoms with Crippen LogP contribution in [0.2, 0.25) is 0 Å². The second-order valence-corrected chi connectivity index (χ2v) is 7.85. The zero-order chi connectivity index (χ0) is 20.5. The lowest BCUT2D eigenvalue weighted by molar-refractivity contribution is 0.0947. The Hall–Kier alpha value is -3.64. The molecule has 9 heteroatoms. The summed E-state index contributed by atoms with van der Waals surface area (Å²) in [5.41, 5.74) is 7.72. The lowest BCUT2D eigenvalue weighted by Crippen LogP contribution is -2.19. The molecular weight excluding hydrogens is 378 g/mol. The number of benzene rings is 2. The largest absolute Gasteiger partial charge is 0.382 e. The lowest BCUT2D eigenvalue weighted by Gasteiger charge is -2.12. The highest BCUT2D eigenvalue weighted by Gasteiger charge is 2.22. The molecule has 0 spiro atoms. The quantitative estimate of drug-likeness (QED) is 0.697. The summed E-state index contributed by atoms with van der Waals surface area (Å²) >= 11 is 0. The Labute approximate surface area is 162 Å². The molecular formula is C19H17N5O3S. The third kappa shape index (κ3) is 3.45. The van der Waals surface area contributed by atoms with E-state index in [-0.39, 0.29) is 21.8 Å². The number of hydrogen-bond acceptors (Lipinski definition) is 6. The van der Waals surface area contributed by atoms with Crippen molar-refractivity contribution in [2.75, 3.05) is 10.5 Å². The lowest BCUT2D eigenvalue weighted by atomic mass is 10.1. The smallest absolute Gasteiger partial charge is 0.280 e. The van der Waals surface area contributed by atoms with Crippen molar-refractivity contribution in [3.8, 4) is 6.07 Å². The van der Waals surface area contributed by atoms with Crippen molar-refractivity contribution in [2.24, 2.45) is 0 Å². The highest BCUT2D eigenvalue weighted by molar-refractivity contribution is 7.92. The average molecular weight is 395 g/mol. The summed E-state index contributed by atoms with van der Waals surface area (Å²) in [6, 6.07) is 13.0. The highest BCUT2D eigenvalue weighted by atomic mass is 32.2. The van der Waals surface area contributed by atoms with E-state index in [4.69, 9.17) is 11.0 Å². The summed E-state index contributed by atoms with van der Waals surface area (Å²) in [7, 11) is -3.92. The van der Waals surface area contributed by atoms with Gasteiger partial charge in [0.15, 0.2) is 0 Å². The van der Waals surface area contributed by atoms with Gasteiger partial charge in [0.1, 0.15) is 17.5 Å². The van der Waals surface area contributed by atoms with Crippen LogP contribution in [0.3, 0.4) is 0 Å². The van der Waals surface area contributed by atoms with Gasteiger partial charge in [0.25, 0.3) is 15.9 Å². The number of hydrogen-bond donors (Lipinski definition) is 2. The fourth-order valence-electron chi connectivity index (χ4n) is 2.61. The number of rotatable bonds is 4. The van der Waals surface area contributed by atoms with Gasteiger partial charge in [-0.15, -0.1) is 0 Å². The Kier molecular flexibility index (Phi) is 4.90. The van der Waals surface area contributed by atoms with E-state index in [2.05, 4.69) is 9.82 Å². The number of aromatic nitrogens is 2. The number of nitriles is 1. The van der Waals surface area contributed by atoms with Crippen LogP contribution in [0.25, 0.3) is 0 Å². The van der Waals surface area contributed by atoms with E-state index >= 15 is 0 Å². The van der Waals surface area contributed by atoms with E-state index in [1.165, 1.54) is 24.4 Å². The second kappa shape index (κ2) is 7.17. The van der Waals surface area contributed by atoms with Gasteiger partial charge in [-0.1, -0.05) is 24.3 Å². The van der Waals surface area contributed by atoms with Gasteiger partial charge in [-0.2, -0.15) is 15.0 Å². The number of nitrogens with two attached hydrogens (primary N) is 1. The van der Waals surface area contributed by atoms with Crippen LogP contribution in [0.4, 0.5) is 11.5 Å². The third-order valence-corrected chi connectivity index (χ3v) is 5.62. The number of nitrogen functional groups attached to an aromatic ring is 1. The van der Waals surface area contributed by atoms with Crippen LogP contribution in [-0.4, -0.2) is 24.1 Å². The molecule has 3 N–H and O–H groups in total. The maximum Gasteiger partial charge on any atom is 0.280 e. The van der Waals surface area contributed by atoms with Gasteiger partial charge in [0.2, 0.25) is 0 Å². The zero-order valence-corrected chi connectivity index (χ0v) is 16.0. The van der Waals surface area contributed by atoms with Crippen LogP contribution in [0.1, 0.15) is 27.0 Å². The number of nitrogens with one attached hydrogen (secondary N) is 1. The van der Waals surface area contributed by atoms with Crippen LogP contribution < -0.4 is 10.5 Å². The van der Waals surface area contributed by atoms with Crippen molar-refractivity contribution >= 4 is 27.4 Å². The molecule has 0 saturated heterocycles.